The van der Waals surface area contributed by atoms with Gasteiger partial charge in [-0.2, -0.15) is 0 Å². The molecular weight excluding hydrogens is 236 g/mol. The van der Waals surface area contributed by atoms with Crippen molar-refractivity contribution >= 4 is 0 Å². The van der Waals surface area contributed by atoms with E-state index in [1.165, 1.54) is 58.0 Å². The summed E-state index contributed by atoms with van der Waals surface area (Å²) in [7, 11) is 4.51. The van der Waals surface area contributed by atoms with Crippen molar-refractivity contribution in [3.05, 3.63) is 0 Å². The van der Waals surface area contributed by atoms with Gasteiger partial charge in [0.15, 0.2) is 0 Å². The smallest absolute Gasteiger partial charge is 0.0406 e. The fraction of sp³-hybridized carbons (Fsp3) is 1.00. The zero-order chi connectivity index (χ0) is 13.7. The van der Waals surface area contributed by atoms with Crippen LogP contribution in [0.25, 0.3) is 0 Å². The molecule has 2 rings (SSSR count). The third-order valence-corrected chi connectivity index (χ3v) is 5.13. The van der Waals surface area contributed by atoms with E-state index in [-0.39, 0.29) is 0 Å². The van der Waals surface area contributed by atoms with E-state index in [0.29, 0.717) is 12.1 Å². The van der Waals surface area contributed by atoms with Gasteiger partial charge in [0.25, 0.3) is 0 Å². The van der Waals surface area contributed by atoms with Crippen LogP contribution in [0.2, 0.25) is 0 Å². The number of nitrogens with two attached hydrogens (primary N) is 1. The lowest BCUT2D eigenvalue weighted by molar-refractivity contribution is 0.137. The van der Waals surface area contributed by atoms with Crippen molar-refractivity contribution in [2.45, 2.75) is 57.0 Å². The van der Waals surface area contributed by atoms with E-state index >= 15 is 0 Å². The van der Waals surface area contributed by atoms with E-state index in [9.17, 15) is 0 Å². The summed E-state index contributed by atoms with van der Waals surface area (Å²) in [4.78, 5) is 4.99. The third kappa shape index (κ3) is 4.15. The second-order valence-corrected chi connectivity index (χ2v) is 6.61. The fourth-order valence-corrected chi connectivity index (χ4v) is 3.92. The van der Waals surface area contributed by atoms with Gasteiger partial charge in [-0.15, -0.1) is 0 Å². The monoisotopic (exact) mass is 268 g/mol. The number of nitrogens with zero attached hydrogens (tertiary/aromatic N) is 2. The molecule has 0 aromatic rings. The minimum atomic E-state index is 0.448. The number of rotatable bonds is 3. The molecule has 3 N–H and O–H groups in total. The van der Waals surface area contributed by atoms with Crippen LogP contribution in [-0.4, -0.2) is 55.6 Å². The number of hydrazine groups is 1. The molecule has 19 heavy (non-hydrogen) atoms. The molecule has 4 nitrogen and oxygen atoms in total. The van der Waals surface area contributed by atoms with E-state index < -0.39 is 0 Å². The molecular formula is C15H32N4. The van der Waals surface area contributed by atoms with Gasteiger partial charge in [0.05, 0.1) is 0 Å². The van der Waals surface area contributed by atoms with Crippen LogP contribution >= 0.6 is 0 Å². The minimum Gasteiger partial charge on any atom is -0.305 e. The highest BCUT2D eigenvalue weighted by Gasteiger charge is 2.33. The van der Waals surface area contributed by atoms with Crippen LogP contribution in [-0.2, 0) is 0 Å². The van der Waals surface area contributed by atoms with E-state index in [1.54, 1.807) is 0 Å². The van der Waals surface area contributed by atoms with Crippen molar-refractivity contribution in [2.24, 2.45) is 11.8 Å². The first-order chi connectivity index (χ1) is 9.22. The van der Waals surface area contributed by atoms with Gasteiger partial charge in [-0.05, 0) is 52.4 Å². The number of hydrogen-bond acceptors (Lipinski definition) is 4. The molecule has 0 spiro atoms. The highest BCUT2D eigenvalue weighted by atomic mass is 15.3. The van der Waals surface area contributed by atoms with Gasteiger partial charge in [-0.1, -0.05) is 25.7 Å². The first-order valence-electron chi connectivity index (χ1n) is 8.07. The van der Waals surface area contributed by atoms with Gasteiger partial charge in [-0.3, -0.25) is 11.3 Å². The molecule has 112 valence electrons. The Morgan fingerprint density at radius 3 is 2.32 bits per heavy atom. The molecule has 1 saturated carbocycles. The van der Waals surface area contributed by atoms with Crippen molar-refractivity contribution in [3.63, 3.8) is 0 Å². The summed E-state index contributed by atoms with van der Waals surface area (Å²) >= 11 is 0. The second kappa shape index (κ2) is 7.58. The van der Waals surface area contributed by atoms with E-state index in [1.807, 2.05) is 0 Å². The third-order valence-electron chi connectivity index (χ3n) is 5.13. The maximum atomic E-state index is 5.95. The molecule has 1 aliphatic carbocycles. The summed E-state index contributed by atoms with van der Waals surface area (Å²) in [5, 5.41) is 0. The van der Waals surface area contributed by atoms with Gasteiger partial charge < -0.3 is 9.80 Å². The standard InChI is InChI=1S/C15H32N4/c1-18-10-7-11-19(2)14(12-18)15(17-16)13-8-5-3-4-6-9-13/h13-15,17H,3-12,16H2,1-2H3. The van der Waals surface area contributed by atoms with Crippen LogP contribution in [0.4, 0.5) is 0 Å². The van der Waals surface area contributed by atoms with E-state index in [0.717, 1.165) is 12.5 Å². The molecule has 2 fully saturated rings. The zero-order valence-corrected chi connectivity index (χ0v) is 12.8. The van der Waals surface area contributed by atoms with Gasteiger partial charge in [0.1, 0.15) is 0 Å². The second-order valence-electron chi connectivity index (χ2n) is 6.61. The highest BCUT2D eigenvalue weighted by molar-refractivity contribution is 4.91. The predicted octanol–water partition coefficient (Wildman–Crippen LogP) is 1.42. The van der Waals surface area contributed by atoms with Gasteiger partial charge in [-0.25, -0.2) is 0 Å². The quantitative estimate of drug-likeness (QED) is 0.462. The first kappa shape index (κ1) is 15.2. The lowest BCUT2D eigenvalue weighted by atomic mass is 9.87. The largest absolute Gasteiger partial charge is 0.305 e. The zero-order valence-electron chi connectivity index (χ0n) is 12.8. The highest BCUT2D eigenvalue weighted by Crippen LogP contribution is 2.28. The summed E-state index contributed by atoms with van der Waals surface area (Å²) in [5.41, 5.74) is 3.18. The predicted molar refractivity (Wildman–Crippen MR) is 80.8 cm³/mol. The van der Waals surface area contributed by atoms with Crippen LogP contribution in [0.3, 0.4) is 0 Å². The normalized spacial score (nSPS) is 30.8. The Morgan fingerprint density at radius 2 is 1.68 bits per heavy atom. The molecule has 0 amide bonds. The maximum absolute atomic E-state index is 5.95. The Bertz CT molecular complexity index is 251. The molecule has 0 aromatic carbocycles. The molecule has 1 heterocycles. The average Bonchev–Trinajstić information content (AvgIpc) is 2.74. The topological polar surface area (TPSA) is 44.5 Å². The Morgan fingerprint density at radius 1 is 1.00 bits per heavy atom. The van der Waals surface area contributed by atoms with Crippen LogP contribution in [0, 0.1) is 5.92 Å². The molecule has 1 saturated heterocycles. The van der Waals surface area contributed by atoms with Gasteiger partial charge in [0, 0.05) is 18.6 Å². The summed E-state index contributed by atoms with van der Waals surface area (Å²) in [6.45, 7) is 3.55. The van der Waals surface area contributed by atoms with Gasteiger partial charge in [0.2, 0.25) is 0 Å². The fourth-order valence-electron chi connectivity index (χ4n) is 3.92. The van der Waals surface area contributed by atoms with Crippen LogP contribution in [0.1, 0.15) is 44.9 Å². The number of likely N-dealkylation sites (N-methyl/N-ethyl adjacent to an activating group) is 2. The van der Waals surface area contributed by atoms with E-state index in [2.05, 4.69) is 29.3 Å². The maximum Gasteiger partial charge on any atom is 0.0406 e. The first-order valence-corrected chi connectivity index (χ1v) is 8.07. The average molecular weight is 268 g/mol. The van der Waals surface area contributed by atoms with Crippen LogP contribution in [0.15, 0.2) is 0 Å². The van der Waals surface area contributed by atoms with Crippen LogP contribution in [0.5, 0.6) is 0 Å². The molecule has 2 atom stereocenters. The molecule has 0 aromatic heterocycles. The summed E-state index contributed by atoms with van der Waals surface area (Å²) in [5.74, 6) is 6.70. The van der Waals surface area contributed by atoms with Crippen molar-refractivity contribution in [1.29, 1.82) is 0 Å². The Labute approximate surface area is 118 Å². The number of hydrogen-bond donors (Lipinski definition) is 2. The molecule has 4 heteroatoms. The van der Waals surface area contributed by atoms with Crippen LogP contribution < -0.4 is 11.3 Å². The lowest BCUT2D eigenvalue weighted by Crippen LogP contribution is -2.57. The number of nitrogens with one attached hydrogen (secondary N) is 1. The Balaban J connectivity index is 2.04. The molecule has 1 aliphatic heterocycles. The summed E-state index contributed by atoms with van der Waals surface area (Å²) in [6, 6.07) is 1.00. The minimum absolute atomic E-state index is 0.448. The van der Waals surface area contributed by atoms with Crippen molar-refractivity contribution in [3.8, 4) is 0 Å². The van der Waals surface area contributed by atoms with Gasteiger partial charge >= 0.3 is 0 Å². The van der Waals surface area contributed by atoms with Crippen molar-refractivity contribution < 1.29 is 0 Å². The molecule has 2 aliphatic rings. The molecule has 2 unspecified atom stereocenters. The van der Waals surface area contributed by atoms with Crippen molar-refractivity contribution in [1.82, 2.24) is 15.2 Å². The molecule has 0 bridgehead atoms. The summed E-state index contributed by atoms with van der Waals surface area (Å²) < 4.78 is 0. The summed E-state index contributed by atoms with van der Waals surface area (Å²) in [6.07, 6.45) is 9.56. The Kier molecular flexibility index (Phi) is 6.07. The Hall–Kier alpha value is -0.160. The van der Waals surface area contributed by atoms with E-state index in [4.69, 9.17) is 5.84 Å². The molecule has 0 radical (unpaired) electrons. The van der Waals surface area contributed by atoms with Crippen molar-refractivity contribution in [2.75, 3.05) is 33.7 Å². The lowest BCUT2D eigenvalue weighted by Gasteiger charge is -2.38. The SMILES string of the molecule is CN1CCCN(C)C(C(NN)C2CCCCCC2)C1.